The first-order valence-corrected chi connectivity index (χ1v) is 12.0. The van der Waals surface area contributed by atoms with E-state index in [0.29, 0.717) is 28.8 Å². The van der Waals surface area contributed by atoms with Crippen molar-refractivity contribution in [3.8, 4) is 5.69 Å². The van der Waals surface area contributed by atoms with E-state index < -0.39 is 6.04 Å². The summed E-state index contributed by atoms with van der Waals surface area (Å²) < 4.78 is 1.66. The Kier molecular flexibility index (Phi) is 7.21. The zero-order valence-electron chi connectivity index (χ0n) is 20.1. The van der Waals surface area contributed by atoms with E-state index in [-0.39, 0.29) is 11.5 Å². The van der Waals surface area contributed by atoms with Gasteiger partial charge < -0.3 is 4.90 Å². The van der Waals surface area contributed by atoms with Crippen LogP contribution in [0.25, 0.3) is 16.6 Å². The molecule has 4 rings (SSSR count). The first-order valence-electron chi connectivity index (χ1n) is 12.0. The molecule has 0 saturated carbocycles. The van der Waals surface area contributed by atoms with Gasteiger partial charge in [-0.25, -0.2) is 4.98 Å². The number of aryl methyl sites for hydroxylation is 1. The van der Waals surface area contributed by atoms with Crippen molar-refractivity contribution in [2.75, 3.05) is 6.54 Å². The van der Waals surface area contributed by atoms with Gasteiger partial charge in [-0.15, -0.1) is 0 Å². The molecule has 0 radical (unpaired) electrons. The molecule has 0 fully saturated rings. The van der Waals surface area contributed by atoms with Gasteiger partial charge in [0.05, 0.1) is 22.6 Å². The Labute approximate surface area is 200 Å². The molecule has 1 heterocycles. The maximum absolute atomic E-state index is 13.7. The molecule has 1 unspecified atom stereocenters. The topological polar surface area (TPSA) is 55.2 Å². The number of unbranched alkanes of at least 4 members (excludes halogenated alkanes) is 2. The number of hydrogen-bond acceptors (Lipinski definition) is 3. The fraction of sp³-hybridized carbons (Fsp3) is 0.276. The third-order valence-corrected chi connectivity index (χ3v) is 6.22. The molecule has 0 saturated heterocycles. The van der Waals surface area contributed by atoms with E-state index in [4.69, 9.17) is 4.98 Å². The van der Waals surface area contributed by atoms with Crippen molar-refractivity contribution in [1.82, 2.24) is 14.5 Å². The molecule has 174 valence electrons. The van der Waals surface area contributed by atoms with Crippen molar-refractivity contribution >= 4 is 16.8 Å². The maximum atomic E-state index is 13.7. The Morgan fingerprint density at radius 1 is 0.941 bits per heavy atom. The van der Waals surface area contributed by atoms with E-state index in [1.807, 2.05) is 91.5 Å². The smallest absolute Gasteiger partial charge is 0.266 e. The van der Waals surface area contributed by atoms with Crippen molar-refractivity contribution in [3.63, 3.8) is 0 Å². The van der Waals surface area contributed by atoms with Gasteiger partial charge in [0.15, 0.2) is 0 Å². The Bertz CT molecular complexity index is 1330. The normalized spacial score (nSPS) is 12.0. The van der Waals surface area contributed by atoms with E-state index in [1.165, 1.54) is 0 Å². The average molecular weight is 454 g/mol. The molecule has 5 nitrogen and oxygen atoms in total. The van der Waals surface area contributed by atoms with E-state index in [2.05, 4.69) is 6.92 Å². The molecule has 1 amide bonds. The number of nitrogens with zero attached hydrogens (tertiary/aromatic N) is 3. The number of hydrogen-bond donors (Lipinski definition) is 0. The van der Waals surface area contributed by atoms with Crippen LogP contribution in [-0.2, 0) is 0 Å². The Morgan fingerprint density at radius 2 is 1.62 bits per heavy atom. The van der Waals surface area contributed by atoms with Gasteiger partial charge in [-0.3, -0.25) is 14.2 Å². The molecular formula is C29H31N3O2. The highest BCUT2D eigenvalue weighted by atomic mass is 16.2. The third-order valence-electron chi connectivity index (χ3n) is 6.22. The maximum Gasteiger partial charge on any atom is 0.266 e. The zero-order valence-corrected chi connectivity index (χ0v) is 20.1. The van der Waals surface area contributed by atoms with Crippen LogP contribution in [0.4, 0.5) is 0 Å². The lowest BCUT2D eigenvalue weighted by Gasteiger charge is -2.31. The predicted molar refractivity (Wildman–Crippen MR) is 137 cm³/mol. The third kappa shape index (κ3) is 4.79. The molecule has 1 aromatic heterocycles. The molecular weight excluding hydrogens is 422 g/mol. The number of benzene rings is 3. The molecule has 0 spiro atoms. The molecule has 0 N–H and O–H groups in total. The highest BCUT2D eigenvalue weighted by molar-refractivity contribution is 5.94. The molecule has 1 atom stereocenters. The fourth-order valence-electron chi connectivity index (χ4n) is 4.26. The lowest BCUT2D eigenvalue weighted by Crippen LogP contribution is -2.38. The van der Waals surface area contributed by atoms with E-state index in [1.54, 1.807) is 10.6 Å². The summed E-state index contributed by atoms with van der Waals surface area (Å²) in [6, 6.07) is 24.2. The first kappa shape index (κ1) is 23.4. The minimum Gasteiger partial charge on any atom is -0.329 e. The van der Waals surface area contributed by atoms with Crippen LogP contribution in [-0.4, -0.2) is 26.9 Å². The van der Waals surface area contributed by atoms with Crippen LogP contribution < -0.4 is 5.56 Å². The number of rotatable bonds is 8. The molecule has 0 bridgehead atoms. The quantitative estimate of drug-likeness (QED) is 0.304. The van der Waals surface area contributed by atoms with Gasteiger partial charge in [-0.2, -0.15) is 0 Å². The summed E-state index contributed by atoms with van der Waals surface area (Å²) >= 11 is 0. The van der Waals surface area contributed by atoms with Gasteiger partial charge in [0.2, 0.25) is 0 Å². The monoisotopic (exact) mass is 453 g/mol. The summed E-state index contributed by atoms with van der Waals surface area (Å²) in [7, 11) is 0. The highest BCUT2D eigenvalue weighted by Crippen LogP contribution is 2.25. The number of fused-ring (bicyclic) bond motifs is 1. The van der Waals surface area contributed by atoms with E-state index in [0.717, 1.165) is 30.5 Å². The van der Waals surface area contributed by atoms with Crippen LogP contribution in [0.5, 0.6) is 0 Å². The Balaban J connectivity index is 1.88. The molecule has 3 aromatic carbocycles. The first-order chi connectivity index (χ1) is 16.5. The van der Waals surface area contributed by atoms with Crippen molar-refractivity contribution in [3.05, 3.63) is 106 Å². The number of amides is 1. The Hall–Kier alpha value is -3.73. The van der Waals surface area contributed by atoms with Gasteiger partial charge in [-0.1, -0.05) is 67.8 Å². The second kappa shape index (κ2) is 10.5. The van der Waals surface area contributed by atoms with Gasteiger partial charge in [0, 0.05) is 12.1 Å². The summed E-state index contributed by atoms with van der Waals surface area (Å²) in [5.41, 5.74) is 3.00. The van der Waals surface area contributed by atoms with Crippen molar-refractivity contribution in [1.29, 1.82) is 0 Å². The lowest BCUT2D eigenvalue weighted by atomic mass is 10.1. The van der Waals surface area contributed by atoms with Crippen LogP contribution in [0.3, 0.4) is 0 Å². The summed E-state index contributed by atoms with van der Waals surface area (Å²) in [5, 5.41) is 0.561. The molecule has 0 aliphatic heterocycles. The second-order valence-corrected chi connectivity index (χ2v) is 8.71. The minimum absolute atomic E-state index is 0.0536. The van der Waals surface area contributed by atoms with Crippen molar-refractivity contribution < 1.29 is 4.79 Å². The summed E-state index contributed by atoms with van der Waals surface area (Å²) in [6.45, 7) is 6.73. The number of para-hydroxylation sites is 1. The highest BCUT2D eigenvalue weighted by Gasteiger charge is 2.27. The number of carbonyl (C=O) groups is 1. The van der Waals surface area contributed by atoms with Gasteiger partial charge in [0.25, 0.3) is 11.5 Å². The molecule has 0 aliphatic carbocycles. The van der Waals surface area contributed by atoms with Crippen LogP contribution >= 0.6 is 0 Å². The zero-order chi connectivity index (χ0) is 24.1. The summed E-state index contributed by atoms with van der Waals surface area (Å²) in [6.07, 6.45) is 2.98. The van der Waals surface area contributed by atoms with Crippen LogP contribution in [0, 0.1) is 6.92 Å². The average Bonchev–Trinajstić information content (AvgIpc) is 2.87. The van der Waals surface area contributed by atoms with Crippen molar-refractivity contribution in [2.24, 2.45) is 0 Å². The largest absolute Gasteiger partial charge is 0.329 e. The van der Waals surface area contributed by atoms with E-state index >= 15 is 0 Å². The minimum atomic E-state index is -0.400. The number of carbonyl (C=O) groups excluding carboxylic acids is 1. The lowest BCUT2D eigenvalue weighted by molar-refractivity contribution is 0.0677. The van der Waals surface area contributed by atoms with Gasteiger partial charge >= 0.3 is 0 Å². The van der Waals surface area contributed by atoms with E-state index in [9.17, 15) is 9.59 Å². The SMILES string of the molecule is CCCCCN(C(=O)c1ccccc1)C(C)c1nc2ccccc2c(=O)n1-c1ccc(C)cc1. The Morgan fingerprint density at radius 3 is 2.32 bits per heavy atom. The fourth-order valence-corrected chi connectivity index (χ4v) is 4.26. The predicted octanol–water partition coefficient (Wildman–Crippen LogP) is 6.09. The molecule has 0 aliphatic rings. The van der Waals surface area contributed by atoms with Crippen molar-refractivity contribution in [2.45, 2.75) is 46.1 Å². The summed E-state index contributed by atoms with van der Waals surface area (Å²) in [4.78, 5) is 34.1. The molecule has 5 heteroatoms. The molecule has 4 aromatic rings. The van der Waals surface area contributed by atoms with Crippen LogP contribution in [0.1, 0.15) is 60.9 Å². The second-order valence-electron chi connectivity index (χ2n) is 8.71. The number of aromatic nitrogens is 2. The van der Waals surface area contributed by atoms with Gasteiger partial charge in [0.1, 0.15) is 5.82 Å². The van der Waals surface area contributed by atoms with Gasteiger partial charge in [-0.05, 0) is 56.7 Å². The summed E-state index contributed by atoms with van der Waals surface area (Å²) in [5.74, 6) is 0.510. The van der Waals surface area contributed by atoms with Crippen LogP contribution in [0.2, 0.25) is 0 Å². The van der Waals surface area contributed by atoms with Crippen LogP contribution in [0.15, 0.2) is 83.7 Å². The standard InChI is InChI=1S/C29H31N3O2/c1-4-5-11-20-31(28(33)23-12-7-6-8-13-23)22(3)27-30-26-15-10-9-14-25(26)29(34)32(27)24-18-16-21(2)17-19-24/h6-10,12-19,22H,4-5,11,20H2,1-3H3. The molecule has 34 heavy (non-hydrogen) atoms.